The molecular weight excluding hydrogens is 200 g/mol. The maximum atomic E-state index is 9.42. The second-order valence-electron chi connectivity index (χ2n) is 5.65. The summed E-state index contributed by atoms with van der Waals surface area (Å²) in [4.78, 5) is 2.57. The highest BCUT2D eigenvalue weighted by Gasteiger charge is 2.29. The van der Waals surface area contributed by atoms with Gasteiger partial charge in [0.2, 0.25) is 0 Å². The van der Waals surface area contributed by atoms with Crippen molar-refractivity contribution in [3.8, 4) is 0 Å². The van der Waals surface area contributed by atoms with E-state index in [1.807, 2.05) is 0 Å². The minimum absolute atomic E-state index is 0.270. The van der Waals surface area contributed by atoms with Crippen LogP contribution >= 0.6 is 0 Å². The zero-order valence-electron chi connectivity index (χ0n) is 10.7. The summed E-state index contributed by atoms with van der Waals surface area (Å²) in [6, 6.07) is 2.32. The van der Waals surface area contributed by atoms with E-state index in [1.54, 1.807) is 0 Å². The molecule has 0 amide bonds. The van der Waals surface area contributed by atoms with Crippen LogP contribution in [0.2, 0.25) is 0 Å². The van der Waals surface area contributed by atoms with Crippen molar-refractivity contribution in [2.75, 3.05) is 13.2 Å². The summed E-state index contributed by atoms with van der Waals surface area (Å²) in [5.74, 6) is 0. The Hall–Kier alpha value is -0.120. The number of hydrogen-bond donors (Lipinski definition) is 2. The highest BCUT2D eigenvalue weighted by molar-refractivity contribution is 4.88. The van der Waals surface area contributed by atoms with Gasteiger partial charge in [0.15, 0.2) is 0 Å². The summed E-state index contributed by atoms with van der Waals surface area (Å²) in [5, 5.41) is 13.0. The van der Waals surface area contributed by atoms with E-state index in [9.17, 15) is 5.11 Å². The minimum atomic E-state index is 0.270. The first-order valence-corrected chi connectivity index (χ1v) is 6.83. The molecule has 0 bridgehead atoms. The van der Waals surface area contributed by atoms with Crippen LogP contribution in [0.25, 0.3) is 0 Å². The molecule has 3 atom stereocenters. The molecule has 1 aliphatic carbocycles. The molecule has 94 valence electrons. The third-order valence-electron chi connectivity index (χ3n) is 4.08. The standard InChI is InChI=1S/C13H26N2O/c1-10-4-3-5-11(2)15(10)8-13(9-16)14-12-6-7-12/h10-14,16H,3-9H2,1-2H3/t10-,11+,13?. The molecule has 0 aromatic carbocycles. The maximum absolute atomic E-state index is 9.42. The lowest BCUT2D eigenvalue weighted by Gasteiger charge is -2.40. The van der Waals surface area contributed by atoms with Crippen LogP contribution in [0, 0.1) is 0 Å². The second-order valence-corrected chi connectivity index (χ2v) is 5.65. The Morgan fingerprint density at radius 1 is 1.19 bits per heavy atom. The van der Waals surface area contributed by atoms with Crippen molar-refractivity contribution in [1.82, 2.24) is 10.2 Å². The van der Waals surface area contributed by atoms with Crippen LogP contribution in [0.3, 0.4) is 0 Å². The first-order chi connectivity index (χ1) is 7.70. The zero-order chi connectivity index (χ0) is 11.5. The fourth-order valence-electron chi connectivity index (χ4n) is 2.84. The number of nitrogens with one attached hydrogen (secondary N) is 1. The lowest BCUT2D eigenvalue weighted by Crippen LogP contribution is -2.52. The van der Waals surface area contributed by atoms with E-state index in [0.717, 1.165) is 6.54 Å². The third-order valence-corrected chi connectivity index (χ3v) is 4.08. The Morgan fingerprint density at radius 2 is 1.81 bits per heavy atom. The van der Waals surface area contributed by atoms with Gasteiger partial charge >= 0.3 is 0 Å². The van der Waals surface area contributed by atoms with Gasteiger partial charge < -0.3 is 10.4 Å². The molecule has 1 heterocycles. The molecule has 2 fully saturated rings. The van der Waals surface area contributed by atoms with Crippen molar-refractivity contribution < 1.29 is 5.11 Å². The van der Waals surface area contributed by atoms with Crippen molar-refractivity contribution in [3.05, 3.63) is 0 Å². The summed E-state index contributed by atoms with van der Waals surface area (Å²) in [6.07, 6.45) is 6.57. The normalized spacial score (nSPS) is 33.9. The molecule has 1 saturated heterocycles. The van der Waals surface area contributed by atoms with Crippen LogP contribution in [0.1, 0.15) is 46.0 Å². The lowest BCUT2D eigenvalue weighted by molar-refractivity contribution is 0.0779. The van der Waals surface area contributed by atoms with E-state index in [4.69, 9.17) is 0 Å². The second kappa shape index (κ2) is 5.48. The fourth-order valence-corrected chi connectivity index (χ4v) is 2.84. The van der Waals surface area contributed by atoms with Crippen molar-refractivity contribution in [2.45, 2.75) is 70.1 Å². The Bertz CT molecular complexity index is 208. The first kappa shape index (κ1) is 12.3. The quantitative estimate of drug-likeness (QED) is 0.743. The fraction of sp³-hybridized carbons (Fsp3) is 1.00. The molecule has 1 saturated carbocycles. The van der Waals surface area contributed by atoms with Crippen LogP contribution < -0.4 is 5.32 Å². The SMILES string of the molecule is C[C@@H]1CCC[C@H](C)N1CC(CO)NC1CC1. The van der Waals surface area contributed by atoms with Gasteiger partial charge in [-0.2, -0.15) is 0 Å². The predicted octanol–water partition coefficient (Wildman–Crippen LogP) is 1.36. The number of aliphatic hydroxyl groups is 1. The van der Waals surface area contributed by atoms with Gasteiger partial charge in [0.25, 0.3) is 0 Å². The van der Waals surface area contributed by atoms with E-state index in [0.29, 0.717) is 18.1 Å². The smallest absolute Gasteiger partial charge is 0.0597 e. The highest BCUT2D eigenvalue weighted by Crippen LogP contribution is 2.24. The van der Waals surface area contributed by atoms with E-state index in [2.05, 4.69) is 24.1 Å². The molecule has 1 aliphatic heterocycles. The van der Waals surface area contributed by atoms with Gasteiger partial charge in [0.05, 0.1) is 6.61 Å². The molecule has 3 nitrogen and oxygen atoms in total. The number of nitrogens with zero attached hydrogens (tertiary/aromatic N) is 1. The average Bonchev–Trinajstić information content (AvgIpc) is 3.06. The largest absolute Gasteiger partial charge is 0.395 e. The zero-order valence-corrected chi connectivity index (χ0v) is 10.7. The van der Waals surface area contributed by atoms with Gasteiger partial charge in [-0.3, -0.25) is 4.90 Å². The van der Waals surface area contributed by atoms with Gasteiger partial charge in [-0.1, -0.05) is 6.42 Å². The number of piperidine rings is 1. The minimum Gasteiger partial charge on any atom is -0.395 e. The summed E-state index contributed by atoms with van der Waals surface area (Å²) < 4.78 is 0. The van der Waals surface area contributed by atoms with Gasteiger partial charge in [0, 0.05) is 30.7 Å². The first-order valence-electron chi connectivity index (χ1n) is 6.83. The maximum Gasteiger partial charge on any atom is 0.0597 e. The van der Waals surface area contributed by atoms with Gasteiger partial charge in [0.1, 0.15) is 0 Å². The van der Waals surface area contributed by atoms with E-state index in [-0.39, 0.29) is 12.6 Å². The monoisotopic (exact) mass is 226 g/mol. The summed E-state index contributed by atoms with van der Waals surface area (Å²) in [6.45, 7) is 5.92. The van der Waals surface area contributed by atoms with Gasteiger partial charge in [-0.25, -0.2) is 0 Å². The van der Waals surface area contributed by atoms with Crippen LogP contribution in [0.15, 0.2) is 0 Å². The van der Waals surface area contributed by atoms with E-state index >= 15 is 0 Å². The Labute approximate surface area is 99.2 Å². The summed E-state index contributed by atoms with van der Waals surface area (Å²) in [7, 11) is 0. The topological polar surface area (TPSA) is 35.5 Å². The lowest BCUT2D eigenvalue weighted by atomic mass is 9.97. The van der Waals surface area contributed by atoms with Crippen molar-refractivity contribution in [1.29, 1.82) is 0 Å². The summed E-state index contributed by atoms with van der Waals surface area (Å²) in [5.41, 5.74) is 0. The molecular formula is C13H26N2O. The molecule has 0 spiro atoms. The molecule has 0 radical (unpaired) electrons. The summed E-state index contributed by atoms with van der Waals surface area (Å²) >= 11 is 0. The van der Waals surface area contributed by atoms with Crippen LogP contribution in [-0.4, -0.2) is 47.3 Å². The Morgan fingerprint density at radius 3 is 2.31 bits per heavy atom. The molecule has 2 N–H and O–H groups in total. The molecule has 2 aliphatic rings. The highest BCUT2D eigenvalue weighted by atomic mass is 16.3. The van der Waals surface area contributed by atoms with Crippen molar-refractivity contribution in [2.24, 2.45) is 0 Å². The van der Waals surface area contributed by atoms with E-state index < -0.39 is 0 Å². The molecule has 3 heteroatoms. The third kappa shape index (κ3) is 3.19. The van der Waals surface area contributed by atoms with Gasteiger partial charge in [-0.15, -0.1) is 0 Å². The van der Waals surface area contributed by atoms with Crippen molar-refractivity contribution >= 4 is 0 Å². The van der Waals surface area contributed by atoms with Crippen LogP contribution in [-0.2, 0) is 0 Å². The molecule has 1 unspecified atom stereocenters. The molecule has 0 aromatic rings. The molecule has 2 rings (SSSR count). The molecule has 0 aromatic heterocycles. The number of rotatable bonds is 5. The van der Waals surface area contributed by atoms with Crippen molar-refractivity contribution in [3.63, 3.8) is 0 Å². The number of aliphatic hydroxyl groups excluding tert-OH is 1. The Balaban J connectivity index is 1.83. The average molecular weight is 226 g/mol. The predicted molar refractivity (Wildman–Crippen MR) is 66.5 cm³/mol. The Kier molecular flexibility index (Phi) is 4.22. The van der Waals surface area contributed by atoms with E-state index in [1.165, 1.54) is 32.1 Å². The van der Waals surface area contributed by atoms with Crippen LogP contribution in [0.4, 0.5) is 0 Å². The number of hydrogen-bond acceptors (Lipinski definition) is 3. The number of likely N-dealkylation sites (tertiary alicyclic amines) is 1. The molecule has 16 heavy (non-hydrogen) atoms. The van der Waals surface area contributed by atoms with Crippen LogP contribution in [0.5, 0.6) is 0 Å². The van der Waals surface area contributed by atoms with Gasteiger partial charge in [-0.05, 0) is 39.5 Å².